The van der Waals surface area contributed by atoms with Crippen molar-refractivity contribution in [2.24, 2.45) is 30.0 Å². The Morgan fingerprint density at radius 1 is 0.293 bits per heavy atom. The van der Waals surface area contributed by atoms with Crippen LogP contribution < -0.4 is 28.4 Å². The standard InChI is InChI=1S/C19H19NO2.C18H19NO2.2C17H17NO2.C16H14BrNO2.C16H14ClNO2/c1-13-6-9-19(14(2)10-13)22-11-17-16(15-7-8-15)4-3-5-18(17)20-12-21;1-4-15-6-5-7-17(19-12-20)16(15)11-21-18-9-8-13(2)10-14(18)3;2*1-12-7-8-17(14(3)9-12)20-10-15-13(2)5-4-6-16(15)18-11-19;2*1-11-6-7-16(12(2)8-11)20-9-13-14(17)4-3-5-15(13)18-10-19/h3-6,9-10,15H,7-8,11H2,1-2H3;5-10H,4,11H2,1-3H3;2*4-9H,10H2,1-3H3;2*3-8H,9H2,1-2H3. The van der Waals surface area contributed by atoms with Gasteiger partial charge in [0, 0.05) is 42.9 Å². The van der Waals surface area contributed by atoms with Crippen LogP contribution in [-0.2, 0) is 74.8 Å². The van der Waals surface area contributed by atoms with E-state index in [1.54, 1.807) is 66.8 Å². The molecule has 0 saturated heterocycles. The quantitative estimate of drug-likeness (QED) is 0.0364. The maximum Gasteiger partial charge on any atom is 0.240 e. The topological polar surface area (TPSA) is 232 Å². The number of carbonyl (C=O) groups excluding carboxylic acids is 6. The number of rotatable bonds is 26. The first-order valence-corrected chi connectivity index (χ1v) is 41.1. The van der Waals surface area contributed by atoms with Crippen molar-refractivity contribution in [2.45, 2.75) is 169 Å². The fraction of sp³-hybridized carbons (Fsp3) is 0.243. The molecule has 123 heavy (non-hydrogen) atoms. The summed E-state index contributed by atoms with van der Waals surface area (Å²) in [6, 6.07) is 69.9. The van der Waals surface area contributed by atoms with Crippen LogP contribution in [0, 0.1) is 96.9 Å². The first-order chi connectivity index (χ1) is 59.3. The van der Waals surface area contributed by atoms with E-state index in [-0.39, 0.29) is 6.61 Å². The van der Waals surface area contributed by atoms with Gasteiger partial charge in [-0.15, -0.1) is 0 Å². The van der Waals surface area contributed by atoms with E-state index < -0.39 is 0 Å². The van der Waals surface area contributed by atoms with E-state index in [2.05, 4.69) is 117 Å². The van der Waals surface area contributed by atoms with Crippen molar-refractivity contribution >= 4 is 98.1 Å². The highest BCUT2D eigenvalue weighted by Gasteiger charge is 2.28. The summed E-state index contributed by atoms with van der Waals surface area (Å²) in [7, 11) is 0. The van der Waals surface area contributed by atoms with Crippen molar-refractivity contribution in [3.8, 4) is 34.5 Å². The Labute approximate surface area is 734 Å². The van der Waals surface area contributed by atoms with Crippen LogP contribution in [-0.4, -0.2) is 36.5 Å². The predicted octanol–water partition coefficient (Wildman–Crippen LogP) is 26.6. The monoisotopic (exact) mass is 1730 g/mol. The molecule has 0 amide bonds. The molecule has 628 valence electrons. The number of nitrogens with zero attached hydrogens (tertiary/aromatic N) is 6. The van der Waals surface area contributed by atoms with Gasteiger partial charge in [0.2, 0.25) is 36.5 Å². The summed E-state index contributed by atoms with van der Waals surface area (Å²) in [6.07, 6.45) is 12.8. The zero-order valence-corrected chi connectivity index (χ0v) is 74.4. The van der Waals surface area contributed by atoms with Crippen LogP contribution in [0.4, 0.5) is 34.1 Å². The number of isocyanates is 6. The van der Waals surface area contributed by atoms with E-state index in [1.807, 2.05) is 215 Å². The normalized spacial score (nSPS) is 10.6. The van der Waals surface area contributed by atoms with Gasteiger partial charge in [-0.25, -0.2) is 28.8 Å². The Hall–Kier alpha value is -13.5. The van der Waals surface area contributed by atoms with Gasteiger partial charge < -0.3 is 28.4 Å². The Balaban J connectivity index is 0.000000183. The maximum atomic E-state index is 10.7. The summed E-state index contributed by atoms with van der Waals surface area (Å²) in [5, 5.41) is 0.520. The number of aliphatic imine (C=N–C) groups is 6. The van der Waals surface area contributed by atoms with Crippen LogP contribution in [0.5, 0.6) is 34.5 Å². The lowest BCUT2D eigenvalue weighted by atomic mass is 10.0. The number of benzene rings is 12. The predicted molar refractivity (Wildman–Crippen MR) is 490 cm³/mol. The molecule has 13 rings (SSSR count). The van der Waals surface area contributed by atoms with Crippen LogP contribution in [0.2, 0.25) is 5.02 Å². The number of hydrogen-bond acceptors (Lipinski definition) is 18. The second-order valence-electron chi connectivity index (χ2n) is 29.6. The summed E-state index contributed by atoms with van der Waals surface area (Å²) in [5.41, 5.74) is 27.1. The van der Waals surface area contributed by atoms with Gasteiger partial charge in [-0.2, -0.15) is 30.0 Å². The molecule has 1 aliphatic carbocycles. The molecule has 20 heteroatoms. The van der Waals surface area contributed by atoms with Gasteiger partial charge in [0.25, 0.3) is 0 Å². The summed E-state index contributed by atoms with van der Waals surface area (Å²) in [6.45, 7) is 32.6. The Morgan fingerprint density at radius 3 is 0.862 bits per heavy atom. The molecule has 0 N–H and O–H groups in total. The Kier molecular flexibility index (Phi) is 37.6. The third-order valence-corrected chi connectivity index (χ3v) is 21.1. The lowest BCUT2D eigenvalue weighted by molar-refractivity contribution is 0.303. The third-order valence-electron chi connectivity index (χ3n) is 20.0. The fourth-order valence-electron chi connectivity index (χ4n) is 13.4. The largest absolute Gasteiger partial charge is 0.489 e. The second kappa shape index (κ2) is 48.7. The van der Waals surface area contributed by atoms with Crippen molar-refractivity contribution in [3.63, 3.8) is 0 Å². The zero-order valence-electron chi connectivity index (χ0n) is 72.1. The molecule has 12 aromatic carbocycles. The highest BCUT2D eigenvalue weighted by molar-refractivity contribution is 9.10. The molecule has 0 atom stereocenters. The van der Waals surface area contributed by atoms with Gasteiger partial charge in [-0.1, -0.05) is 201 Å². The van der Waals surface area contributed by atoms with Gasteiger partial charge in [-0.05, 0) is 263 Å². The van der Waals surface area contributed by atoms with Crippen molar-refractivity contribution < 1.29 is 57.2 Å². The average molecular weight is 1730 g/mol. The van der Waals surface area contributed by atoms with E-state index >= 15 is 0 Å². The Bertz CT molecular complexity index is 5530. The highest BCUT2D eigenvalue weighted by atomic mass is 79.9. The molecule has 0 bridgehead atoms. The van der Waals surface area contributed by atoms with E-state index in [0.29, 0.717) is 83.7 Å². The van der Waals surface area contributed by atoms with E-state index in [4.69, 9.17) is 40.0 Å². The molecule has 0 heterocycles. The summed E-state index contributed by atoms with van der Waals surface area (Å²) < 4.78 is 36.1. The number of ether oxygens (including phenoxy) is 6. The average Bonchev–Trinajstić information content (AvgIpc) is 1.49. The first kappa shape index (κ1) is 95.0. The van der Waals surface area contributed by atoms with E-state index in [9.17, 15) is 28.8 Å². The van der Waals surface area contributed by atoms with Gasteiger partial charge in [0.15, 0.2) is 0 Å². The number of halogens is 2. The molecule has 1 fully saturated rings. The third kappa shape index (κ3) is 29.1. The summed E-state index contributed by atoms with van der Waals surface area (Å²) in [5.74, 6) is 5.62. The van der Waals surface area contributed by atoms with Crippen molar-refractivity contribution in [3.05, 3.63) is 350 Å². The van der Waals surface area contributed by atoms with E-state index in [1.165, 1.54) is 57.9 Å². The molecule has 0 aliphatic heterocycles. The minimum absolute atomic E-state index is 0.254. The van der Waals surface area contributed by atoms with Crippen LogP contribution in [0.25, 0.3) is 0 Å². The van der Waals surface area contributed by atoms with Gasteiger partial charge >= 0.3 is 0 Å². The molecular weight excluding hydrogens is 1630 g/mol. The lowest BCUT2D eigenvalue weighted by Gasteiger charge is -2.14. The molecule has 1 aliphatic rings. The van der Waals surface area contributed by atoms with E-state index in [0.717, 1.165) is 123 Å². The summed E-state index contributed by atoms with van der Waals surface area (Å²) in [4.78, 5) is 85.5. The van der Waals surface area contributed by atoms with Gasteiger partial charge in [0.05, 0.1) is 34.1 Å². The molecule has 0 radical (unpaired) electrons. The van der Waals surface area contributed by atoms with Crippen molar-refractivity contribution in [1.29, 1.82) is 0 Å². The zero-order chi connectivity index (χ0) is 88.9. The number of aryl methyl sites for hydroxylation is 15. The maximum absolute atomic E-state index is 10.7. The minimum Gasteiger partial charge on any atom is -0.489 e. The van der Waals surface area contributed by atoms with Crippen LogP contribution in [0.1, 0.15) is 148 Å². The summed E-state index contributed by atoms with van der Waals surface area (Å²) >= 11 is 9.58. The highest BCUT2D eigenvalue weighted by Crippen LogP contribution is 2.44. The van der Waals surface area contributed by atoms with Gasteiger partial charge in [-0.3, -0.25) is 0 Å². The van der Waals surface area contributed by atoms with Crippen LogP contribution >= 0.6 is 27.5 Å². The Morgan fingerprint density at radius 2 is 0.545 bits per heavy atom. The second-order valence-corrected chi connectivity index (χ2v) is 30.8. The SMILES string of the molecule is CCc1cccc(N=C=O)c1COc1ccc(C)cc1C.Cc1ccc(OCc2c(Br)cccc2N=C=O)c(C)c1.Cc1ccc(OCc2c(C)cccc2N=C=O)c(C)c1.Cc1ccc(OCc2c(C)cccc2N=C=O)c(C)c1.Cc1ccc(OCc2c(Cl)cccc2N=C=O)c(C)c1.Cc1ccc(OCc2c(N=C=O)cccc2C2CC2)c(C)c1. The minimum atomic E-state index is 0.254. The van der Waals surface area contributed by atoms with Crippen molar-refractivity contribution in [1.82, 2.24) is 0 Å². The fourth-order valence-corrected chi connectivity index (χ4v) is 14.1. The van der Waals surface area contributed by atoms with Crippen molar-refractivity contribution in [2.75, 3.05) is 0 Å². The molecule has 1 saturated carbocycles. The first-order valence-electron chi connectivity index (χ1n) is 39.9. The van der Waals surface area contributed by atoms with Crippen LogP contribution in [0.15, 0.2) is 253 Å². The van der Waals surface area contributed by atoms with Gasteiger partial charge in [0.1, 0.15) is 74.1 Å². The molecule has 18 nitrogen and oxygen atoms in total. The van der Waals surface area contributed by atoms with Crippen LogP contribution in [0.3, 0.4) is 0 Å². The lowest BCUT2D eigenvalue weighted by Crippen LogP contribution is -2.01. The smallest absolute Gasteiger partial charge is 0.240 e. The molecule has 0 spiro atoms. The number of hydrogen-bond donors (Lipinski definition) is 0. The molecule has 12 aromatic rings. The molecular formula is C103H100BrClN6O12. The molecule has 0 unspecified atom stereocenters. The molecule has 0 aromatic heterocycles.